The third kappa shape index (κ3) is 2.83. The van der Waals surface area contributed by atoms with Gasteiger partial charge in [-0.05, 0) is 11.6 Å². The number of esters is 2. The third-order valence-electron chi connectivity index (χ3n) is 2.54. The molecule has 0 heterocycles. The summed E-state index contributed by atoms with van der Waals surface area (Å²) in [5.41, 5.74) is 0.241. The Kier molecular flexibility index (Phi) is 4.89. The Bertz CT molecular complexity index is 532. The summed E-state index contributed by atoms with van der Waals surface area (Å²) in [4.78, 5) is 23.4. The van der Waals surface area contributed by atoms with E-state index < -0.39 is 17.9 Å². The van der Waals surface area contributed by atoms with Crippen molar-refractivity contribution < 1.29 is 23.8 Å². The molecule has 0 radical (unpaired) electrons. The first-order chi connectivity index (χ1) is 9.10. The zero-order valence-electron chi connectivity index (χ0n) is 10.8. The monoisotopic (exact) mass is 263 g/mol. The van der Waals surface area contributed by atoms with Crippen LogP contribution < -0.4 is 4.74 Å². The molecule has 19 heavy (non-hydrogen) atoms. The molecule has 1 aromatic rings. The topological polar surface area (TPSA) is 85.6 Å². The lowest BCUT2D eigenvalue weighted by molar-refractivity contribution is -0.141. The fourth-order valence-corrected chi connectivity index (χ4v) is 1.65. The molecule has 1 atom stereocenters. The van der Waals surface area contributed by atoms with Crippen LogP contribution in [0.2, 0.25) is 0 Å². The molecule has 1 rings (SSSR count). The second-order valence-electron chi connectivity index (χ2n) is 3.50. The second kappa shape index (κ2) is 6.40. The molecule has 0 aliphatic heterocycles. The molecule has 0 amide bonds. The van der Waals surface area contributed by atoms with Gasteiger partial charge in [0.05, 0.1) is 27.4 Å². The van der Waals surface area contributed by atoms with E-state index in [2.05, 4.69) is 9.47 Å². The molecule has 100 valence electrons. The normalized spacial score (nSPS) is 11.1. The van der Waals surface area contributed by atoms with Crippen molar-refractivity contribution in [3.63, 3.8) is 0 Å². The number of benzene rings is 1. The van der Waals surface area contributed by atoms with Crippen LogP contribution in [0.4, 0.5) is 0 Å². The van der Waals surface area contributed by atoms with Gasteiger partial charge in [0, 0.05) is 0 Å². The highest BCUT2D eigenvalue weighted by molar-refractivity contribution is 5.97. The van der Waals surface area contributed by atoms with Crippen molar-refractivity contribution in [3.05, 3.63) is 29.3 Å². The van der Waals surface area contributed by atoms with E-state index >= 15 is 0 Å². The SMILES string of the molecule is COC(=O)c1c(OC)cccc1C(C#N)C(=O)OC. The lowest BCUT2D eigenvalue weighted by Gasteiger charge is -2.14. The summed E-state index contributed by atoms with van der Waals surface area (Å²) in [6, 6.07) is 6.41. The molecule has 6 heteroatoms. The average molecular weight is 263 g/mol. The Morgan fingerprint density at radius 3 is 2.37 bits per heavy atom. The molecule has 6 nitrogen and oxygen atoms in total. The molecular weight excluding hydrogens is 250 g/mol. The van der Waals surface area contributed by atoms with Crippen molar-refractivity contribution in [1.82, 2.24) is 0 Å². The maximum Gasteiger partial charge on any atom is 0.341 e. The average Bonchev–Trinajstić information content (AvgIpc) is 2.46. The van der Waals surface area contributed by atoms with Gasteiger partial charge in [-0.1, -0.05) is 12.1 Å². The molecule has 0 saturated heterocycles. The molecule has 0 bridgehead atoms. The van der Waals surface area contributed by atoms with Crippen LogP contribution >= 0.6 is 0 Å². The van der Waals surface area contributed by atoms with E-state index in [0.29, 0.717) is 0 Å². The van der Waals surface area contributed by atoms with Gasteiger partial charge in [-0.2, -0.15) is 5.26 Å². The summed E-state index contributed by atoms with van der Waals surface area (Å²) in [6.07, 6.45) is 0. The molecule has 1 unspecified atom stereocenters. The number of carbonyl (C=O) groups is 2. The van der Waals surface area contributed by atoms with E-state index in [1.165, 1.54) is 27.4 Å². The van der Waals surface area contributed by atoms with Gasteiger partial charge in [0.1, 0.15) is 11.3 Å². The predicted molar refractivity (Wildman–Crippen MR) is 64.7 cm³/mol. The van der Waals surface area contributed by atoms with Gasteiger partial charge in [-0.25, -0.2) is 4.79 Å². The summed E-state index contributed by atoms with van der Waals surface area (Å²) in [7, 11) is 3.76. The maximum atomic E-state index is 11.8. The quantitative estimate of drug-likeness (QED) is 0.760. The smallest absolute Gasteiger partial charge is 0.341 e. The van der Waals surface area contributed by atoms with Gasteiger partial charge in [-0.3, -0.25) is 4.79 Å². The molecule has 0 N–H and O–H groups in total. The summed E-state index contributed by atoms with van der Waals surface area (Å²) < 4.78 is 14.2. The van der Waals surface area contributed by atoms with Crippen molar-refractivity contribution >= 4 is 11.9 Å². The van der Waals surface area contributed by atoms with Crippen LogP contribution in [0.5, 0.6) is 5.75 Å². The molecule has 0 aliphatic rings. The largest absolute Gasteiger partial charge is 0.496 e. The van der Waals surface area contributed by atoms with Gasteiger partial charge >= 0.3 is 11.9 Å². The Labute approximate surface area is 110 Å². The fourth-order valence-electron chi connectivity index (χ4n) is 1.65. The molecule has 1 aromatic carbocycles. The second-order valence-corrected chi connectivity index (χ2v) is 3.50. The third-order valence-corrected chi connectivity index (χ3v) is 2.54. The van der Waals surface area contributed by atoms with E-state index in [-0.39, 0.29) is 16.9 Å². The Hall–Kier alpha value is -2.55. The molecule has 0 aromatic heterocycles. The first-order valence-electron chi connectivity index (χ1n) is 5.33. The van der Waals surface area contributed by atoms with Gasteiger partial charge in [0.2, 0.25) is 0 Å². The highest BCUT2D eigenvalue weighted by Gasteiger charge is 2.29. The zero-order valence-corrected chi connectivity index (χ0v) is 10.8. The number of nitrogens with zero attached hydrogens (tertiary/aromatic N) is 1. The van der Waals surface area contributed by atoms with Gasteiger partial charge in [0.25, 0.3) is 0 Å². The highest BCUT2D eigenvalue weighted by Crippen LogP contribution is 2.29. The number of ether oxygens (including phenoxy) is 3. The Morgan fingerprint density at radius 2 is 1.89 bits per heavy atom. The molecule has 0 fully saturated rings. The van der Waals surface area contributed by atoms with E-state index in [0.717, 1.165) is 0 Å². The molecule has 0 aliphatic carbocycles. The van der Waals surface area contributed by atoms with Crippen molar-refractivity contribution in [2.75, 3.05) is 21.3 Å². The van der Waals surface area contributed by atoms with Crippen LogP contribution in [-0.4, -0.2) is 33.3 Å². The molecule has 0 saturated carbocycles. The van der Waals surface area contributed by atoms with Crippen LogP contribution in [0.15, 0.2) is 18.2 Å². The van der Waals surface area contributed by atoms with Crippen LogP contribution in [0.1, 0.15) is 21.8 Å². The number of rotatable bonds is 4. The minimum absolute atomic E-state index is 0.0458. The van der Waals surface area contributed by atoms with E-state index in [4.69, 9.17) is 10.00 Å². The van der Waals surface area contributed by atoms with Crippen LogP contribution in [0.25, 0.3) is 0 Å². The van der Waals surface area contributed by atoms with Gasteiger partial charge in [0.15, 0.2) is 5.92 Å². The molecule has 0 spiro atoms. The van der Waals surface area contributed by atoms with E-state index in [1.807, 2.05) is 0 Å². The molecular formula is C13H13NO5. The van der Waals surface area contributed by atoms with Crippen LogP contribution in [-0.2, 0) is 14.3 Å². The van der Waals surface area contributed by atoms with Crippen molar-refractivity contribution in [3.8, 4) is 11.8 Å². The predicted octanol–water partition coefficient (Wildman–Crippen LogP) is 1.26. The van der Waals surface area contributed by atoms with Crippen LogP contribution in [0, 0.1) is 11.3 Å². The standard InChI is InChI=1S/C13H13NO5/c1-17-10-6-4-5-8(11(10)13(16)19-3)9(7-14)12(15)18-2/h4-6,9H,1-3H3. The van der Waals surface area contributed by atoms with Gasteiger partial charge < -0.3 is 14.2 Å². The van der Waals surface area contributed by atoms with Crippen LogP contribution in [0.3, 0.4) is 0 Å². The zero-order chi connectivity index (χ0) is 14.4. The lowest BCUT2D eigenvalue weighted by Crippen LogP contribution is -2.17. The number of hydrogen-bond acceptors (Lipinski definition) is 6. The van der Waals surface area contributed by atoms with Crippen molar-refractivity contribution in [2.45, 2.75) is 5.92 Å². The Balaban J connectivity index is 3.46. The highest BCUT2D eigenvalue weighted by atomic mass is 16.5. The van der Waals surface area contributed by atoms with Crippen molar-refractivity contribution in [1.29, 1.82) is 5.26 Å². The maximum absolute atomic E-state index is 11.8. The first kappa shape index (κ1) is 14.5. The number of carbonyl (C=O) groups excluding carboxylic acids is 2. The summed E-state index contributed by atoms with van der Waals surface area (Å²) in [6.45, 7) is 0. The Morgan fingerprint density at radius 1 is 1.21 bits per heavy atom. The summed E-state index contributed by atoms with van der Waals surface area (Å²) >= 11 is 0. The summed E-state index contributed by atoms with van der Waals surface area (Å²) in [5, 5.41) is 9.08. The van der Waals surface area contributed by atoms with E-state index in [1.54, 1.807) is 18.2 Å². The lowest BCUT2D eigenvalue weighted by atomic mass is 9.94. The number of nitriles is 1. The van der Waals surface area contributed by atoms with Crippen molar-refractivity contribution in [2.24, 2.45) is 0 Å². The minimum atomic E-state index is -1.21. The minimum Gasteiger partial charge on any atom is -0.496 e. The first-order valence-corrected chi connectivity index (χ1v) is 5.33. The van der Waals surface area contributed by atoms with E-state index in [9.17, 15) is 9.59 Å². The fraction of sp³-hybridized carbons (Fsp3) is 0.308. The number of methoxy groups -OCH3 is 3. The number of hydrogen-bond donors (Lipinski definition) is 0. The summed E-state index contributed by atoms with van der Waals surface area (Å²) in [5.74, 6) is -2.42. The van der Waals surface area contributed by atoms with Gasteiger partial charge in [-0.15, -0.1) is 0 Å².